The molecule has 5 heteroatoms. The number of esters is 1. The average Bonchev–Trinajstić information content (AvgIpc) is 3.11. The molecule has 0 saturated heterocycles. The van der Waals surface area contributed by atoms with Gasteiger partial charge in [-0.2, -0.15) is 5.26 Å². The molecule has 0 aromatic heterocycles. The van der Waals surface area contributed by atoms with Crippen molar-refractivity contribution in [2.45, 2.75) is 12.0 Å². The van der Waals surface area contributed by atoms with Crippen molar-refractivity contribution in [3.05, 3.63) is 95.1 Å². The third kappa shape index (κ3) is 3.26. The predicted molar refractivity (Wildman–Crippen MR) is 108 cm³/mol. The molecular weight excluding hydrogens is 364 g/mol. The van der Waals surface area contributed by atoms with E-state index in [2.05, 4.69) is 5.32 Å². The maximum atomic E-state index is 12.9. The number of benzene rings is 3. The van der Waals surface area contributed by atoms with E-state index in [0.717, 1.165) is 22.3 Å². The molecule has 5 nitrogen and oxygen atoms in total. The van der Waals surface area contributed by atoms with E-state index >= 15 is 0 Å². The van der Waals surface area contributed by atoms with Crippen molar-refractivity contribution < 1.29 is 14.3 Å². The topological polar surface area (TPSA) is 79.2 Å². The first-order valence-corrected chi connectivity index (χ1v) is 9.21. The lowest BCUT2D eigenvalue weighted by atomic mass is 9.89. The molecule has 0 aliphatic heterocycles. The van der Waals surface area contributed by atoms with Crippen molar-refractivity contribution in [2.75, 3.05) is 7.11 Å². The SMILES string of the molecule is COC(=O)[C@@H](NC(=O)c1ccc(C#N)cc1)C1c2ccccc2-c2ccccc21. The fraction of sp³-hybridized carbons (Fsp3) is 0.125. The van der Waals surface area contributed by atoms with E-state index in [-0.39, 0.29) is 5.92 Å². The molecule has 0 bridgehead atoms. The molecule has 3 aromatic rings. The molecule has 0 saturated carbocycles. The Morgan fingerprint density at radius 1 is 0.931 bits per heavy atom. The fourth-order valence-electron chi connectivity index (χ4n) is 3.88. The van der Waals surface area contributed by atoms with Crippen LogP contribution >= 0.6 is 0 Å². The van der Waals surface area contributed by atoms with E-state index in [4.69, 9.17) is 10.00 Å². The van der Waals surface area contributed by atoms with Gasteiger partial charge in [-0.3, -0.25) is 4.79 Å². The summed E-state index contributed by atoms with van der Waals surface area (Å²) in [6, 6.07) is 23.2. The molecule has 1 N–H and O–H groups in total. The monoisotopic (exact) mass is 382 g/mol. The summed E-state index contributed by atoms with van der Waals surface area (Å²) in [5.74, 6) is -1.26. The lowest BCUT2D eigenvalue weighted by Crippen LogP contribution is -2.45. The van der Waals surface area contributed by atoms with Crippen LogP contribution in [0.5, 0.6) is 0 Å². The van der Waals surface area contributed by atoms with Crippen molar-refractivity contribution >= 4 is 11.9 Å². The van der Waals surface area contributed by atoms with Gasteiger partial charge in [0.1, 0.15) is 6.04 Å². The Balaban J connectivity index is 1.73. The molecule has 3 aromatic carbocycles. The van der Waals surface area contributed by atoms with Crippen LogP contribution in [0.4, 0.5) is 0 Å². The third-order valence-electron chi connectivity index (χ3n) is 5.23. The van der Waals surface area contributed by atoms with E-state index in [1.807, 2.05) is 54.6 Å². The van der Waals surface area contributed by atoms with Gasteiger partial charge in [-0.15, -0.1) is 0 Å². The smallest absolute Gasteiger partial charge is 0.329 e. The van der Waals surface area contributed by atoms with Crippen LogP contribution in [0.1, 0.15) is 33.0 Å². The number of hydrogen-bond donors (Lipinski definition) is 1. The molecule has 0 spiro atoms. The summed E-state index contributed by atoms with van der Waals surface area (Å²) in [5.41, 5.74) is 4.89. The lowest BCUT2D eigenvalue weighted by molar-refractivity contribution is -0.143. The zero-order valence-corrected chi connectivity index (χ0v) is 15.8. The quantitative estimate of drug-likeness (QED) is 0.699. The number of nitriles is 1. The Hall–Kier alpha value is -3.91. The molecule has 0 heterocycles. The first-order chi connectivity index (χ1) is 14.1. The van der Waals surface area contributed by atoms with Gasteiger partial charge in [0.25, 0.3) is 5.91 Å². The second-order valence-electron chi connectivity index (χ2n) is 6.82. The van der Waals surface area contributed by atoms with Crippen LogP contribution in [-0.2, 0) is 9.53 Å². The van der Waals surface area contributed by atoms with E-state index in [9.17, 15) is 9.59 Å². The first-order valence-electron chi connectivity index (χ1n) is 9.21. The summed E-state index contributed by atoms with van der Waals surface area (Å²) in [6.07, 6.45) is 0. The van der Waals surface area contributed by atoms with Crippen LogP contribution in [-0.4, -0.2) is 25.0 Å². The molecule has 1 amide bonds. The molecule has 1 atom stereocenters. The second kappa shape index (κ2) is 7.61. The fourth-order valence-corrected chi connectivity index (χ4v) is 3.88. The van der Waals surface area contributed by atoms with Crippen LogP contribution in [0.3, 0.4) is 0 Å². The molecule has 0 fully saturated rings. The van der Waals surface area contributed by atoms with Crippen molar-refractivity contribution in [3.8, 4) is 17.2 Å². The number of ether oxygens (including phenoxy) is 1. The summed E-state index contributed by atoms with van der Waals surface area (Å²) >= 11 is 0. The number of nitrogens with zero attached hydrogens (tertiary/aromatic N) is 1. The number of methoxy groups -OCH3 is 1. The number of nitrogens with one attached hydrogen (secondary N) is 1. The Labute approximate surface area is 168 Å². The number of carbonyl (C=O) groups is 2. The van der Waals surface area contributed by atoms with Gasteiger partial charge in [-0.05, 0) is 46.5 Å². The predicted octanol–water partition coefficient (Wildman–Crippen LogP) is 3.64. The highest BCUT2D eigenvalue weighted by molar-refractivity contribution is 5.98. The summed E-state index contributed by atoms with van der Waals surface area (Å²) < 4.78 is 5.03. The number of carbonyl (C=O) groups excluding carboxylic acids is 2. The van der Waals surface area contributed by atoms with Crippen molar-refractivity contribution in [1.82, 2.24) is 5.32 Å². The minimum absolute atomic E-state index is 0.350. The minimum atomic E-state index is -0.882. The number of hydrogen-bond acceptors (Lipinski definition) is 4. The van der Waals surface area contributed by atoms with E-state index in [1.54, 1.807) is 24.3 Å². The number of rotatable bonds is 4. The molecule has 1 aliphatic carbocycles. The maximum absolute atomic E-state index is 12.9. The number of amides is 1. The standard InChI is InChI=1S/C24H18N2O3/c1-29-24(28)22(26-23(27)16-12-10-15(14-25)11-13-16)21-19-8-4-2-6-17(19)18-7-3-5-9-20(18)21/h2-13,21-22H,1H3,(H,26,27)/t22-/m0/s1. The Kier molecular flexibility index (Phi) is 4.84. The van der Waals surface area contributed by atoms with Crippen molar-refractivity contribution in [3.63, 3.8) is 0 Å². The summed E-state index contributed by atoms with van der Waals surface area (Å²) in [6.45, 7) is 0. The van der Waals surface area contributed by atoms with E-state index in [1.165, 1.54) is 7.11 Å². The maximum Gasteiger partial charge on any atom is 0.329 e. The summed E-state index contributed by atoms with van der Waals surface area (Å²) in [5, 5.41) is 11.8. The molecule has 0 radical (unpaired) electrons. The van der Waals surface area contributed by atoms with Crippen LogP contribution in [0.25, 0.3) is 11.1 Å². The largest absolute Gasteiger partial charge is 0.467 e. The molecule has 29 heavy (non-hydrogen) atoms. The number of fused-ring (bicyclic) bond motifs is 3. The zero-order chi connectivity index (χ0) is 20.4. The highest BCUT2D eigenvalue weighted by atomic mass is 16.5. The Morgan fingerprint density at radius 3 is 2.00 bits per heavy atom. The second-order valence-corrected chi connectivity index (χ2v) is 6.82. The average molecular weight is 382 g/mol. The highest BCUT2D eigenvalue weighted by Crippen LogP contribution is 2.46. The summed E-state index contributed by atoms with van der Waals surface area (Å²) in [4.78, 5) is 25.6. The molecule has 142 valence electrons. The molecular formula is C24H18N2O3. The van der Waals surface area contributed by atoms with Crippen LogP contribution in [0, 0.1) is 11.3 Å². The normalized spacial score (nSPS) is 13.0. The molecule has 0 unspecified atom stereocenters. The first kappa shape index (κ1) is 18.5. The van der Waals surface area contributed by atoms with Gasteiger partial charge in [-0.25, -0.2) is 4.79 Å². The van der Waals surface area contributed by atoms with Gasteiger partial charge >= 0.3 is 5.97 Å². The van der Waals surface area contributed by atoms with E-state index in [0.29, 0.717) is 11.1 Å². The lowest BCUT2D eigenvalue weighted by Gasteiger charge is -2.24. The van der Waals surface area contributed by atoms with Gasteiger partial charge in [-0.1, -0.05) is 48.5 Å². The zero-order valence-electron chi connectivity index (χ0n) is 15.8. The highest BCUT2D eigenvalue weighted by Gasteiger charge is 2.39. The van der Waals surface area contributed by atoms with Gasteiger partial charge in [0.05, 0.1) is 18.7 Å². The Bertz CT molecular complexity index is 1080. The van der Waals surface area contributed by atoms with Crippen molar-refractivity contribution in [1.29, 1.82) is 5.26 Å². The van der Waals surface area contributed by atoms with Crippen LogP contribution < -0.4 is 5.32 Å². The minimum Gasteiger partial charge on any atom is -0.467 e. The van der Waals surface area contributed by atoms with Gasteiger partial charge in [0, 0.05) is 11.5 Å². The third-order valence-corrected chi connectivity index (χ3v) is 5.23. The molecule has 1 aliphatic rings. The van der Waals surface area contributed by atoms with Gasteiger partial charge in [0.2, 0.25) is 0 Å². The van der Waals surface area contributed by atoms with Gasteiger partial charge in [0.15, 0.2) is 0 Å². The van der Waals surface area contributed by atoms with Crippen LogP contribution in [0.2, 0.25) is 0 Å². The van der Waals surface area contributed by atoms with E-state index < -0.39 is 17.9 Å². The summed E-state index contributed by atoms with van der Waals surface area (Å²) in [7, 11) is 1.32. The van der Waals surface area contributed by atoms with Gasteiger partial charge < -0.3 is 10.1 Å². The molecule has 4 rings (SSSR count). The Morgan fingerprint density at radius 2 is 1.48 bits per heavy atom. The van der Waals surface area contributed by atoms with Crippen molar-refractivity contribution in [2.24, 2.45) is 0 Å². The van der Waals surface area contributed by atoms with Crippen LogP contribution in [0.15, 0.2) is 72.8 Å².